The molecule has 0 spiro atoms. The van der Waals surface area contributed by atoms with E-state index in [4.69, 9.17) is 80.5 Å². The predicted octanol–water partition coefficient (Wildman–Crippen LogP) is 15.4. The second kappa shape index (κ2) is 47.6. The van der Waals surface area contributed by atoms with Crippen LogP contribution in [0.25, 0.3) is 0 Å². The zero-order chi connectivity index (χ0) is 99.5. The molecule has 15 rings (SSSR count). The summed E-state index contributed by atoms with van der Waals surface area (Å²) in [5.74, 6) is -21.1. The number of ether oxygens (including phenoxy) is 17. The molecule has 142 heavy (non-hydrogen) atoms. The number of rotatable bonds is 35. The summed E-state index contributed by atoms with van der Waals surface area (Å²) in [6.07, 6.45) is -42.3. The molecular weight excluding hydrogens is 1850 g/mol. The fourth-order valence-electron chi connectivity index (χ4n) is 15.5. The first-order valence-electron chi connectivity index (χ1n) is 44.6. The summed E-state index contributed by atoms with van der Waals surface area (Å²) in [7, 11) is 0. The maximum absolute atomic E-state index is 17.4. The van der Waals surface area contributed by atoms with Crippen LogP contribution in [0.3, 0.4) is 0 Å². The average molecular weight is 1940 g/mol. The van der Waals surface area contributed by atoms with Gasteiger partial charge in [-0.2, -0.15) is 13.2 Å². The molecule has 0 aromatic heterocycles. The van der Waals surface area contributed by atoms with Crippen molar-refractivity contribution in [1.29, 1.82) is 0 Å². The third kappa shape index (κ3) is 26.0. The molecule has 31 nitrogen and oxygen atoms in total. The third-order valence-electron chi connectivity index (χ3n) is 22.4. The Bertz CT molecular complexity index is 6340. The molecule has 1 N–H and O–H groups in total. The number of nitrogens with one attached hydrogen (secondary N) is 1. The van der Waals surface area contributed by atoms with Gasteiger partial charge in [-0.3, -0.25) is 4.79 Å². The number of nitrogens with zero attached hydrogens (tertiary/aromatic N) is 1. The van der Waals surface area contributed by atoms with Gasteiger partial charge >= 0.3 is 71.8 Å². The normalized spacial score (nSPS) is 21.3. The minimum absolute atomic E-state index is 0.0767. The Balaban J connectivity index is 1.00. The number of para-hydroxylation sites is 1. The highest BCUT2D eigenvalue weighted by atomic mass is 19.4. The van der Waals surface area contributed by atoms with Crippen LogP contribution in [0.4, 0.5) is 18.9 Å². The number of hydrogen-bond donors (Lipinski definition) is 1. The maximum Gasteiger partial charge on any atom is 0.468 e. The second-order valence-corrected chi connectivity index (χ2v) is 32.2. The van der Waals surface area contributed by atoms with Crippen LogP contribution >= 0.6 is 0 Å². The summed E-state index contributed by atoms with van der Waals surface area (Å²) < 4.78 is 161. The topological polar surface area (TPSA) is 386 Å². The maximum atomic E-state index is 17.4. The van der Waals surface area contributed by atoms with Crippen LogP contribution < -0.4 is 5.32 Å². The quantitative estimate of drug-likeness (QED) is 0.0167. The van der Waals surface area contributed by atoms with Gasteiger partial charge in [-0.15, -0.1) is 0 Å². The van der Waals surface area contributed by atoms with Crippen molar-refractivity contribution in [2.45, 2.75) is 124 Å². The Morgan fingerprint density at radius 2 is 0.690 bits per heavy atom. The number of aliphatic imine (C=N–C) groups is 1. The molecule has 3 fully saturated rings. The molecule has 12 aromatic rings. The van der Waals surface area contributed by atoms with Crippen LogP contribution in [0.5, 0.6) is 0 Å². The van der Waals surface area contributed by atoms with Gasteiger partial charge in [-0.05, 0) is 139 Å². The van der Waals surface area contributed by atoms with Gasteiger partial charge in [0.05, 0.1) is 73.8 Å². The molecule has 0 saturated carbocycles. The molecule has 0 aliphatic carbocycles. The SMILES string of the molecule is CC(=O)N[C@H]1C([C@H](OC(=O)c2ccccc2)[C@@H](COC(=O)c2ccccc2)OC(=O)c2ccccc2)O[C@@](OC2C(OC(=O)c3ccccc3)[C@H](O[C@H]3C(COC(=O)c4ccccc4)O[C@H](OC(=Nc4ccccc4)C(F)(F)F)C(OC(=O)c4ccccc4)C3OC(=O)c3ccccc3)OC(COC(=O)c3ccccc3)[C@@H]2OC(=O)c2ccccc2)(C(=O)OCc2ccccc2)C[C@H]1OC(=O)c1ccccc1. The minimum atomic E-state index is -5.60. The van der Waals surface area contributed by atoms with E-state index in [0.717, 1.165) is 6.92 Å². The number of amides is 1. The van der Waals surface area contributed by atoms with Gasteiger partial charge < -0.3 is 85.8 Å². The highest BCUT2D eigenvalue weighted by Gasteiger charge is 2.66. The zero-order valence-electron chi connectivity index (χ0n) is 75.3. The van der Waals surface area contributed by atoms with Crippen molar-refractivity contribution >= 4 is 83.2 Å². The van der Waals surface area contributed by atoms with Crippen LogP contribution in [-0.2, 0) is 96.7 Å². The van der Waals surface area contributed by atoms with Crippen LogP contribution in [-0.4, -0.2) is 201 Å². The monoisotopic (exact) mass is 1930 g/mol. The lowest BCUT2D eigenvalue weighted by molar-refractivity contribution is -0.383. The van der Waals surface area contributed by atoms with E-state index in [-0.39, 0.29) is 66.9 Å². The van der Waals surface area contributed by atoms with Gasteiger partial charge in [0, 0.05) is 6.92 Å². The Kier molecular flexibility index (Phi) is 33.5. The number of carbonyl (C=O) groups is 12. The van der Waals surface area contributed by atoms with E-state index in [1.54, 1.807) is 54.6 Å². The molecule has 1 amide bonds. The Labute approximate surface area is 809 Å². The molecule has 7 unspecified atom stereocenters. The lowest BCUT2D eigenvalue weighted by Gasteiger charge is -2.52. The Morgan fingerprint density at radius 1 is 0.359 bits per heavy atom. The van der Waals surface area contributed by atoms with Crippen LogP contribution in [0, 0.1) is 0 Å². The van der Waals surface area contributed by atoms with E-state index < -0.39 is 214 Å². The summed E-state index contributed by atoms with van der Waals surface area (Å²) in [4.78, 5) is 189. The molecule has 3 heterocycles. The van der Waals surface area contributed by atoms with Crippen molar-refractivity contribution in [1.82, 2.24) is 5.32 Å². The van der Waals surface area contributed by atoms with Gasteiger partial charge in [0.15, 0.2) is 36.8 Å². The van der Waals surface area contributed by atoms with E-state index >= 15 is 51.5 Å². The van der Waals surface area contributed by atoms with E-state index in [1.807, 2.05) is 0 Å². The Morgan fingerprint density at radius 3 is 1.09 bits per heavy atom. The van der Waals surface area contributed by atoms with E-state index in [0.29, 0.717) is 0 Å². The number of alkyl halides is 3. The lowest BCUT2D eigenvalue weighted by Crippen LogP contribution is -2.72. The number of benzene rings is 12. The van der Waals surface area contributed by atoms with Gasteiger partial charge in [-0.25, -0.2) is 57.7 Å². The third-order valence-corrected chi connectivity index (χ3v) is 22.4. The van der Waals surface area contributed by atoms with Crippen molar-refractivity contribution in [2.75, 3.05) is 19.8 Å². The number of carbonyl (C=O) groups excluding carboxylic acids is 12. The summed E-state index contributed by atoms with van der Waals surface area (Å²) >= 11 is 0. The highest BCUT2D eigenvalue weighted by Crippen LogP contribution is 2.45. The summed E-state index contributed by atoms with van der Waals surface area (Å²) in [6.45, 7) is -3.36. The zero-order valence-corrected chi connectivity index (χ0v) is 75.3. The Hall–Kier alpha value is -16.7. The van der Waals surface area contributed by atoms with E-state index in [2.05, 4.69) is 10.3 Å². The molecule has 3 aliphatic heterocycles. The van der Waals surface area contributed by atoms with Crippen LogP contribution in [0.1, 0.15) is 122 Å². The van der Waals surface area contributed by atoms with Gasteiger partial charge in [-0.1, -0.05) is 231 Å². The highest BCUT2D eigenvalue weighted by molar-refractivity contribution is 5.95. The first kappa shape index (κ1) is 99.8. The van der Waals surface area contributed by atoms with Gasteiger partial charge in [0.25, 0.3) is 11.7 Å². The number of hydrogen-bond acceptors (Lipinski definition) is 30. The van der Waals surface area contributed by atoms with Crippen LogP contribution in [0.2, 0.25) is 0 Å². The van der Waals surface area contributed by atoms with Crippen LogP contribution in [0.15, 0.2) is 369 Å². The standard InChI is InChI=1S/C108H89F3N2O29/c1-67(114)112-84-80(130-96(118)72-46-22-6-23-47-72)62-107(106(125)129-63-68-38-14-2-15-39-68,141-88(84)85(134-98(120)74-50-26-8-27-51-74)81(131-97(119)73-48-24-7-25-49-73)64-126-93(115)69-40-16-3-17-41-69)142-90-87(135-99(121)75-52-28-9-29-53-75)83(66-128-95(117)71-44-20-5-21-45-71)132-103(92(90)138-102(124)78-58-34-12-35-59-78)139-86-82(65-127-94(116)70-42-18-4-19-43-70)133-104(140-105(108(109,110)111)113-79-60-36-13-37-61-79)91(137-101(123)77-56-32-11-33-57-77)89(86)136-100(122)76-54-30-10-31-55-76/h2-61,80-92,103-104H,62-66H2,1H3,(H,112,114)/t80-,81-,82?,83?,84-,85-,86+,87+,88?,89?,90?,91?,92?,103+,104-,107+/m1/s1. The fourth-order valence-corrected chi connectivity index (χ4v) is 15.5. The summed E-state index contributed by atoms with van der Waals surface area (Å²) in [6, 6.07) is 82.8. The minimum Gasteiger partial charge on any atom is -0.459 e. The molecule has 726 valence electrons. The molecular formula is C108H89F3N2O29. The molecule has 16 atom stereocenters. The molecule has 34 heteroatoms. The number of halogens is 3. The smallest absolute Gasteiger partial charge is 0.459 e. The first-order valence-corrected chi connectivity index (χ1v) is 44.6. The van der Waals surface area contributed by atoms with Crippen molar-refractivity contribution in [3.8, 4) is 0 Å². The molecule has 3 aliphatic rings. The predicted molar refractivity (Wildman–Crippen MR) is 494 cm³/mol. The van der Waals surface area contributed by atoms with E-state index in [9.17, 15) is 19.2 Å². The first-order chi connectivity index (χ1) is 68.9. The second-order valence-electron chi connectivity index (χ2n) is 32.2. The molecule has 12 aromatic carbocycles. The summed E-state index contributed by atoms with van der Waals surface area (Å²) in [5, 5.41) is 2.73. The number of esters is 11. The molecule has 3 saturated heterocycles. The van der Waals surface area contributed by atoms with Gasteiger partial charge in [0.1, 0.15) is 63.1 Å². The van der Waals surface area contributed by atoms with Crippen molar-refractivity contribution in [3.63, 3.8) is 0 Å². The fraction of sp³-hybridized carbons (Fsp3) is 0.213. The van der Waals surface area contributed by atoms with Gasteiger partial charge in [0.2, 0.25) is 18.3 Å². The molecule has 0 bridgehead atoms. The van der Waals surface area contributed by atoms with Crippen molar-refractivity contribution in [2.24, 2.45) is 4.99 Å². The van der Waals surface area contributed by atoms with E-state index in [1.165, 1.54) is 309 Å². The average Bonchev–Trinajstić information content (AvgIpc) is 0.732. The summed E-state index contributed by atoms with van der Waals surface area (Å²) in [5.41, 5.74) is -2.32. The molecule has 0 radical (unpaired) electrons. The largest absolute Gasteiger partial charge is 0.468 e. The van der Waals surface area contributed by atoms with Crippen molar-refractivity contribution < 1.29 is 151 Å². The van der Waals surface area contributed by atoms with Crippen molar-refractivity contribution in [3.05, 3.63) is 425 Å². The lowest BCUT2D eigenvalue weighted by atomic mass is 9.87.